The monoisotopic (exact) mass is 320 g/mol. The van der Waals surface area contributed by atoms with Gasteiger partial charge in [-0.1, -0.05) is 25.7 Å². The molecule has 1 aliphatic carbocycles. The Balaban J connectivity index is 1.44. The predicted molar refractivity (Wildman–Crippen MR) is 89.5 cm³/mol. The average molecular weight is 320 g/mol. The Labute approximate surface area is 138 Å². The van der Waals surface area contributed by atoms with Crippen molar-refractivity contribution in [2.45, 2.75) is 76.5 Å². The van der Waals surface area contributed by atoms with Gasteiger partial charge in [0.15, 0.2) is 0 Å². The third-order valence-electron chi connectivity index (χ3n) is 4.75. The molecule has 128 valence electrons. The van der Waals surface area contributed by atoms with Crippen molar-refractivity contribution in [3.63, 3.8) is 0 Å². The van der Waals surface area contributed by atoms with Crippen LogP contribution in [-0.2, 0) is 11.3 Å². The molecule has 1 atom stereocenters. The van der Waals surface area contributed by atoms with E-state index in [4.69, 9.17) is 4.74 Å². The van der Waals surface area contributed by atoms with E-state index >= 15 is 0 Å². The number of nitrogens with one attached hydrogen (secondary N) is 2. The van der Waals surface area contributed by atoms with Gasteiger partial charge >= 0.3 is 6.03 Å². The highest BCUT2D eigenvalue weighted by Crippen LogP contribution is 2.18. The minimum Gasteiger partial charge on any atom is -0.376 e. The topological polar surface area (TPSA) is 68.2 Å². The van der Waals surface area contributed by atoms with Crippen molar-refractivity contribution in [2.75, 3.05) is 11.9 Å². The zero-order valence-electron chi connectivity index (χ0n) is 13.8. The number of nitrogens with zero attached hydrogens (tertiary/aromatic N) is 2. The Bertz CT molecular complexity index is 489. The highest BCUT2D eigenvalue weighted by molar-refractivity contribution is 5.89. The summed E-state index contributed by atoms with van der Waals surface area (Å²) in [4.78, 5) is 12.1. The SMILES string of the molecule is O=C(Nc1cnn(CC2CCCCO2)c1)NC1CCCCCC1. The molecule has 0 bridgehead atoms. The van der Waals surface area contributed by atoms with Crippen LogP contribution in [-0.4, -0.2) is 34.6 Å². The van der Waals surface area contributed by atoms with Gasteiger partial charge in [-0.15, -0.1) is 0 Å². The summed E-state index contributed by atoms with van der Waals surface area (Å²) in [5, 5.41) is 10.3. The number of anilines is 1. The summed E-state index contributed by atoms with van der Waals surface area (Å²) in [5.41, 5.74) is 0.743. The second-order valence-corrected chi connectivity index (χ2v) is 6.73. The maximum absolute atomic E-state index is 12.1. The van der Waals surface area contributed by atoms with Crippen molar-refractivity contribution >= 4 is 11.7 Å². The molecule has 6 heteroatoms. The number of urea groups is 1. The maximum Gasteiger partial charge on any atom is 0.319 e. The second kappa shape index (κ2) is 8.34. The molecule has 1 saturated heterocycles. The molecule has 1 aliphatic heterocycles. The van der Waals surface area contributed by atoms with Gasteiger partial charge in [0.2, 0.25) is 0 Å². The molecule has 6 nitrogen and oxygen atoms in total. The first-order chi connectivity index (χ1) is 11.3. The molecule has 23 heavy (non-hydrogen) atoms. The summed E-state index contributed by atoms with van der Waals surface area (Å²) in [6.07, 6.45) is 14.5. The molecule has 1 unspecified atom stereocenters. The van der Waals surface area contributed by atoms with Crippen LogP contribution < -0.4 is 10.6 Å². The molecular formula is C17H28N4O2. The van der Waals surface area contributed by atoms with E-state index in [0.29, 0.717) is 6.04 Å². The molecule has 3 rings (SSSR count). The summed E-state index contributed by atoms with van der Waals surface area (Å²) < 4.78 is 7.58. The molecule has 2 amide bonds. The van der Waals surface area contributed by atoms with Crippen molar-refractivity contribution in [1.82, 2.24) is 15.1 Å². The van der Waals surface area contributed by atoms with Crippen LogP contribution in [0.1, 0.15) is 57.8 Å². The average Bonchev–Trinajstić information content (AvgIpc) is 2.82. The van der Waals surface area contributed by atoms with E-state index in [0.717, 1.165) is 44.5 Å². The summed E-state index contributed by atoms with van der Waals surface area (Å²) in [6.45, 7) is 1.60. The van der Waals surface area contributed by atoms with Gasteiger partial charge in [0, 0.05) is 18.8 Å². The van der Waals surface area contributed by atoms with Crippen LogP contribution in [0.5, 0.6) is 0 Å². The number of aromatic nitrogens is 2. The fraction of sp³-hybridized carbons (Fsp3) is 0.765. The number of hydrogen-bond acceptors (Lipinski definition) is 3. The third-order valence-corrected chi connectivity index (χ3v) is 4.75. The maximum atomic E-state index is 12.1. The number of carbonyl (C=O) groups is 1. The zero-order valence-corrected chi connectivity index (χ0v) is 13.8. The molecule has 0 aromatic carbocycles. The molecule has 1 saturated carbocycles. The Morgan fingerprint density at radius 2 is 1.96 bits per heavy atom. The quantitative estimate of drug-likeness (QED) is 0.836. The van der Waals surface area contributed by atoms with Crippen LogP contribution in [0.15, 0.2) is 12.4 Å². The molecule has 0 spiro atoms. The highest BCUT2D eigenvalue weighted by Gasteiger charge is 2.17. The van der Waals surface area contributed by atoms with Gasteiger partial charge in [0.1, 0.15) is 0 Å². The van der Waals surface area contributed by atoms with E-state index in [1.54, 1.807) is 6.20 Å². The lowest BCUT2D eigenvalue weighted by Gasteiger charge is -2.22. The third kappa shape index (κ3) is 5.23. The van der Waals surface area contributed by atoms with Crippen LogP contribution in [0.3, 0.4) is 0 Å². The second-order valence-electron chi connectivity index (χ2n) is 6.73. The molecule has 1 aromatic heterocycles. The van der Waals surface area contributed by atoms with Crippen molar-refractivity contribution in [3.8, 4) is 0 Å². The minimum absolute atomic E-state index is 0.120. The first-order valence-electron chi connectivity index (χ1n) is 9.01. The van der Waals surface area contributed by atoms with Crippen LogP contribution in [0, 0.1) is 0 Å². The van der Waals surface area contributed by atoms with Gasteiger partial charge in [-0.3, -0.25) is 4.68 Å². The zero-order chi connectivity index (χ0) is 15.9. The number of carbonyl (C=O) groups excluding carboxylic acids is 1. The Kier molecular flexibility index (Phi) is 5.91. The van der Waals surface area contributed by atoms with Crippen molar-refractivity contribution in [3.05, 3.63) is 12.4 Å². The number of hydrogen-bond donors (Lipinski definition) is 2. The van der Waals surface area contributed by atoms with Crippen LogP contribution in [0.2, 0.25) is 0 Å². The Morgan fingerprint density at radius 3 is 2.70 bits per heavy atom. The van der Waals surface area contributed by atoms with Gasteiger partial charge in [0.05, 0.1) is 24.5 Å². The van der Waals surface area contributed by atoms with Crippen LogP contribution in [0.25, 0.3) is 0 Å². The van der Waals surface area contributed by atoms with E-state index in [1.807, 2.05) is 10.9 Å². The summed E-state index contributed by atoms with van der Waals surface area (Å²) in [7, 11) is 0. The molecule has 2 aliphatic rings. The first-order valence-corrected chi connectivity index (χ1v) is 9.01. The number of amides is 2. The smallest absolute Gasteiger partial charge is 0.319 e. The van der Waals surface area contributed by atoms with Crippen LogP contribution >= 0.6 is 0 Å². The Morgan fingerprint density at radius 1 is 1.17 bits per heavy atom. The minimum atomic E-state index is -0.120. The van der Waals surface area contributed by atoms with E-state index in [1.165, 1.54) is 32.1 Å². The van der Waals surface area contributed by atoms with E-state index in [9.17, 15) is 4.79 Å². The van der Waals surface area contributed by atoms with E-state index in [-0.39, 0.29) is 12.1 Å². The summed E-state index contributed by atoms with van der Waals surface area (Å²) in [5.74, 6) is 0. The van der Waals surface area contributed by atoms with Crippen molar-refractivity contribution in [1.29, 1.82) is 0 Å². The highest BCUT2D eigenvalue weighted by atomic mass is 16.5. The van der Waals surface area contributed by atoms with E-state index < -0.39 is 0 Å². The molecule has 1 aromatic rings. The fourth-order valence-electron chi connectivity index (χ4n) is 3.46. The molecule has 2 N–H and O–H groups in total. The predicted octanol–water partition coefficient (Wildman–Crippen LogP) is 3.30. The fourth-order valence-corrected chi connectivity index (χ4v) is 3.46. The lowest BCUT2D eigenvalue weighted by Crippen LogP contribution is -2.37. The van der Waals surface area contributed by atoms with Gasteiger partial charge in [-0.25, -0.2) is 4.79 Å². The van der Waals surface area contributed by atoms with Gasteiger partial charge in [-0.2, -0.15) is 5.10 Å². The lowest BCUT2D eigenvalue weighted by molar-refractivity contribution is 0.00401. The Hall–Kier alpha value is -1.56. The lowest BCUT2D eigenvalue weighted by atomic mass is 10.1. The summed E-state index contributed by atoms with van der Waals surface area (Å²) in [6, 6.07) is 0.188. The van der Waals surface area contributed by atoms with Gasteiger partial charge < -0.3 is 15.4 Å². The number of ether oxygens (including phenoxy) is 1. The van der Waals surface area contributed by atoms with Gasteiger partial charge in [0.25, 0.3) is 0 Å². The number of rotatable bonds is 4. The molecular weight excluding hydrogens is 292 g/mol. The van der Waals surface area contributed by atoms with Gasteiger partial charge in [-0.05, 0) is 32.1 Å². The van der Waals surface area contributed by atoms with E-state index in [2.05, 4.69) is 15.7 Å². The first kappa shape index (κ1) is 16.3. The standard InChI is InChI=1S/C17H28N4O2/c22-17(19-14-7-3-1-2-4-8-14)20-15-11-18-21(12-15)13-16-9-5-6-10-23-16/h11-12,14,16H,1-10,13H2,(H2,19,20,22). The normalized spacial score (nSPS) is 23.2. The summed E-state index contributed by atoms with van der Waals surface area (Å²) >= 11 is 0. The molecule has 2 heterocycles. The molecule has 2 fully saturated rings. The molecule has 0 radical (unpaired) electrons. The van der Waals surface area contributed by atoms with Crippen molar-refractivity contribution < 1.29 is 9.53 Å². The van der Waals surface area contributed by atoms with Crippen molar-refractivity contribution in [2.24, 2.45) is 0 Å². The largest absolute Gasteiger partial charge is 0.376 e. The van der Waals surface area contributed by atoms with Crippen LogP contribution in [0.4, 0.5) is 10.5 Å².